The molecule has 0 aliphatic carbocycles. The first kappa shape index (κ1) is 12.8. The summed E-state index contributed by atoms with van der Waals surface area (Å²) < 4.78 is 0. The molecule has 0 aliphatic heterocycles. The van der Waals surface area contributed by atoms with Crippen LogP contribution in [0, 0.1) is 0 Å². The maximum Gasteiger partial charge on any atom is 0.0959 e. The van der Waals surface area contributed by atoms with Crippen molar-refractivity contribution in [1.29, 1.82) is 0 Å². The smallest absolute Gasteiger partial charge is 0.0959 e. The number of rotatable bonds is 2. The lowest BCUT2D eigenvalue weighted by molar-refractivity contribution is 0.590. The van der Waals surface area contributed by atoms with Crippen LogP contribution in [-0.2, 0) is 5.41 Å². The number of hydrogen-bond acceptors (Lipinski definition) is 0. The van der Waals surface area contributed by atoms with Crippen molar-refractivity contribution in [3.63, 3.8) is 0 Å². The normalized spacial score (nSPS) is 12.9. The summed E-state index contributed by atoms with van der Waals surface area (Å²) in [6.07, 6.45) is 0. The summed E-state index contributed by atoms with van der Waals surface area (Å²) in [4.78, 5) is 0. The first-order chi connectivity index (χ1) is 6.77. The van der Waals surface area contributed by atoms with E-state index in [2.05, 4.69) is 58.1 Å². The quantitative estimate of drug-likeness (QED) is 0.547. The Bertz CT molecular complexity index is 319. The van der Waals surface area contributed by atoms with Gasteiger partial charge in [-0.25, -0.2) is 0 Å². The van der Waals surface area contributed by atoms with Crippen LogP contribution in [0.15, 0.2) is 24.3 Å². The van der Waals surface area contributed by atoms with Gasteiger partial charge in [0, 0.05) is 5.50 Å². The van der Waals surface area contributed by atoms with Gasteiger partial charge in [-0.2, -0.15) is 0 Å². The Balaban J connectivity index is 3.01. The van der Waals surface area contributed by atoms with Gasteiger partial charge in [0.1, 0.15) is 0 Å². The minimum atomic E-state index is -1.37. The monoisotopic (exact) mass is 240 g/mol. The minimum absolute atomic E-state index is 0.241. The van der Waals surface area contributed by atoms with Crippen molar-refractivity contribution >= 4 is 24.9 Å². The van der Waals surface area contributed by atoms with Crippen molar-refractivity contribution in [3.8, 4) is 0 Å². The molecule has 0 amide bonds. The van der Waals surface area contributed by atoms with Crippen molar-refractivity contribution in [1.82, 2.24) is 0 Å². The highest BCUT2D eigenvalue weighted by Gasteiger charge is 2.22. The van der Waals surface area contributed by atoms with Crippen LogP contribution in [-0.4, -0.2) is 13.6 Å². The predicted octanol–water partition coefficient (Wildman–Crippen LogP) is 3.68. The molecule has 1 rings (SSSR count). The van der Waals surface area contributed by atoms with Crippen LogP contribution in [0.1, 0.15) is 26.3 Å². The minimum Gasteiger partial charge on any atom is -0.130 e. The summed E-state index contributed by atoms with van der Waals surface area (Å²) in [5, 5.41) is 1.45. The number of hydrogen-bond donors (Lipinski definition) is 0. The molecule has 0 aromatic heterocycles. The van der Waals surface area contributed by atoms with Gasteiger partial charge in [-0.3, -0.25) is 0 Å². The van der Waals surface area contributed by atoms with E-state index in [9.17, 15) is 0 Å². The standard InChI is InChI=1S/C13H21ClSi/c1-13(2,3)11-6-8-12(9-7-11)15(4,5)10-14/h6-9H,10H2,1-5H3. The molecule has 0 nitrogen and oxygen atoms in total. The van der Waals surface area contributed by atoms with E-state index in [1.54, 1.807) is 0 Å². The molecule has 0 aliphatic rings. The highest BCUT2D eigenvalue weighted by molar-refractivity contribution is 6.94. The molecule has 2 heteroatoms. The fraction of sp³-hybridized carbons (Fsp3) is 0.538. The molecule has 1 aromatic carbocycles. The molecule has 0 bridgehead atoms. The van der Waals surface area contributed by atoms with Crippen LogP contribution >= 0.6 is 11.6 Å². The van der Waals surface area contributed by atoms with E-state index in [1.807, 2.05) is 0 Å². The van der Waals surface area contributed by atoms with E-state index in [0.29, 0.717) is 0 Å². The average molecular weight is 241 g/mol. The van der Waals surface area contributed by atoms with Gasteiger partial charge in [0.25, 0.3) is 0 Å². The zero-order chi connectivity index (χ0) is 11.7. The fourth-order valence-corrected chi connectivity index (χ4v) is 3.18. The third-order valence-corrected chi connectivity index (χ3v) is 7.44. The second-order valence-electron chi connectivity index (χ2n) is 5.84. The SMILES string of the molecule is CC(C)(C)c1ccc([Si](C)(C)CCl)cc1. The van der Waals surface area contributed by atoms with Crippen molar-refractivity contribution in [3.05, 3.63) is 29.8 Å². The highest BCUT2D eigenvalue weighted by atomic mass is 35.5. The van der Waals surface area contributed by atoms with E-state index in [4.69, 9.17) is 11.6 Å². The van der Waals surface area contributed by atoms with Crippen molar-refractivity contribution in [2.45, 2.75) is 39.3 Å². The zero-order valence-corrected chi connectivity index (χ0v) is 12.2. The molecule has 0 spiro atoms. The molecule has 1 aromatic rings. The van der Waals surface area contributed by atoms with E-state index in [-0.39, 0.29) is 5.41 Å². The lowest BCUT2D eigenvalue weighted by atomic mass is 9.87. The van der Waals surface area contributed by atoms with Gasteiger partial charge >= 0.3 is 0 Å². The summed E-state index contributed by atoms with van der Waals surface area (Å²) in [5.74, 6) is 0. The number of alkyl halides is 1. The zero-order valence-electron chi connectivity index (χ0n) is 10.4. The molecule has 0 atom stereocenters. The van der Waals surface area contributed by atoms with Gasteiger partial charge in [-0.1, -0.05) is 63.3 Å². The van der Waals surface area contributed by atoms with Gasteiger partial charge in [-0.15, -0.1) is 11.6 Å². The maximum absolute atomic E-state index is 6.02. The summed E-state index contributed by atoms with van der Waals surface area (Å²) in [7, 11) is -1.37. The van der Waals surface area contributed by atoms with Crippen LogP contribution in [0.5, 0.6) is 0 Å². The van der Waals surface area contributed by atoms with Crippen LogP contribution in [0.3, 0.4) is 0 Å². The molecule has 0 saturated heterocycles. The van der Waals surface area contributed by atoms with Gasteiger partial charge < -0.3 is 0 Å². The third-order valence-electron chi connectivity index (χ3n) is 2.87. The van der Waals surface area contributed by atoms with Crippen LogP contribution in [0.25, 0.3) is 0 Å². The lowest BCUT2D eigenvalue weighted by Crippen LogP contribution is -2.43. The van der Waals surface area contributed by atoms with Crippen LogP contribution < -0.4 is 5.19 Å². The second kappa shape index (κ2) is 4.30. The van der Waals surface area contributed by atoms with Gasteiger partial charge in [-0.05, 0) is 11.0 Å². The van der Waals surface area contributed by atoms with E-state index in [1.165, 1.54) is 10.8 Å². The first-order valence-corrected chi connectivity index (χ1v) is 9.18. The Hall–Kier alpha value is -0.273. The van der Waals surface area contributed by atoms with Gasteiger partial charge in [0.15, 0.2) is 0 Å². The van der Waals surface area contributed by atoms with Gasteiger partial charge in [0.2, 0.25) is 0 Å². The fourth-order valence-electron chi connectivity index (χ4n) is 1.50. The van der Waals surface area contributed by atoms with Crippen LogP contribution in [0.4, 0.5) is 0 Å². The third kappa shape index (κ3) is 3.09. The largest absolute Gasteiger partial charge is 0.130 e. The summed E-state index contributed by atoms with van der Waals surface area (Å²) in [6.45, 7) is 11.3. The molecule has 15 heavy (non-hydrogen) atoms. The Morgan fingerprint density at radius 3 is 1.87 bits per heavy atom. The lowest BCUT2D eigenvalue weighted by Gasteiger charge is -2.23. The van der Waals surface area contributed by atoms with Crippen molar-refractivity contribution in [2.24, 2.45) is 0 Å². The maximum atomic E-state index is 6.02. The van der Waals surface area contributed by atoms with E-state index in [0.717, 1.165) is 5.50 Å². The topological polar surface area (TPSA) is 0 Å². The summed E-state index contributed by atoms with van der Waals surface area (Å²) >= 11 is 6.02. The van der Waals surface area contributed by atoms with Gasteiger partial charge in [0.05, 0.1) is 8.07 Å². The molecule has 0 N–H and O–H groups in total. The summed E-state index contributed by atoms with van der Waals surface area (Å²) in [5.41, 5.74) is 2.43. The van der Waals surface area contributed by atoms with E-state index >= 15 is 0 Å². The van der Waals surface area contributed by atoms with E-state index < -0.39 is 8.07 Å². The molecule has 0 fully saturated rings. The molecule has 0 saturated carbocycles. The Kier molecular flexibility index (Phi) is 3.67. The van der Waals surface area contributed by atoms with Crippen molar-refractivity contribution in [2.75, 3.05) is 5.50 Å². The first-order valence-electron chi connectivity index (χ1n) is 5.44. The van der Waals surface area contributed by atoms with Crippen molar-refractivity contribution < 1.29 is 0 Å². The summed E-state index contributed by atoms with van der Waals surface area (Å²) in [6, 6.07) is 9.01. The molecule has 0 heterocycles. The molecular weight excluding hydrogens is 220 g/mol. The Morgan fingerprint density at radius 2 is 1.53 bits per heavy atom. The Morgan fingerprint density at radius 1 is 1.07 bits per heavy atom. The number of halogens is 1. The van der Waals surface area contributed by atoms with Crippen LogP contribution in [0.2, 0.25) is 13.1 Å². The molecule has 0 radical (unpaired) electrons. The average Bonchev–Trinajstić information content (AvgIpc) is 2.17. The highest BCUT2D eigenvalue weighted by Crippen LogP contribution is 2.21. The second-order valence-corrected chi connectivity index (χ2v) is 11.3. The predicted molar refractivity (Wildman–Crippen MR) is 73.0 cm³/mol. The molecule has 0 unspecified atom stereocenters. The Labute approximate surface area is 99.7 Å². The number of benzene rings is 1. The molecular formula is C13H21ClSi. The molecule has 84 valence electrons.